The molecule has 108 valence electrons. The molecule has 6 heteroatoms. The highest BCUT2D eigenvalue weighted by atomic mass is 32.1. The third-order valence-corrected chi connectivity index (χ3v) is 3.13. The van der Waals surface area contributed by atoms with Crippen molar-refractivity contribution in [1.82, 2.24) is 0 Å². The number of halogens is 1. The molecule has 0 saturated carbocycles. The van der Waals surface area contributed by atoms with E-state index in [9.17, 15) is 9.18 Å². The first-order valence-electron chi connectivity index (χ1n) is 6.17. The van der Waals surface area contributed by atoms with E-state index in [1.807, 2.05) is 0 Å². The maximum absolute atomic E-state index is 13.1. The number of hydrogen-bond acceptors (Lipinski definition) is 2. The average molecular weight is 303 g/mol. The van der Waals surface area contributed by atoms with Gasteiger partial charge in [-0.1, -0.05) is 30.4 Å². The summed E-state index contributed by atoms with van der Waals surface area (Å²) in [7, 11) is 1.60. The van der Waals surface area contributed by atoms with Crippen molar-refractivity contribution < 1.29 is 9.18 Å². The Kier molecular flexibility index (Phi) is 4.49. The van der Waals surface area contributed by atoms with Gasteiger partial charge in [0, 0.05) is 24.0 Å². The number of thiocarbonyl (C=S) groups is 1. The van der Waals surface area contributed by atoms with Gasteiger partial charge in [0.15, 0.2) is 0 Å². The van der Waals surface area contributed by atoms with Crippen molar-refractivity contribution in [2.45, 2.75) is 0 Å². The Morgan fingerprint density at radius 2 is 1.95 bits per heavy atom. The molecule has 0 aromatic heterocycles. The van der Waals surface area contributed by atoms with Crippen LogP contribution in [0.1, 0.15) is 5.56 Å². The van der Waals surface area contributed by atoms with E-state index in [1.54, 1.807) is 37.4 Å². The quantitative estimate of drug-likeness (QED) is 0.857. The van der Waals surface area contributed by atoms with Crippen molar-refractivity contribution in [2.75, 3.05) is 17.3 Å². The fourth-order valence-electron chi connectivity index (χ4n) is 1.76. The Bertz CT molecular complexity index is 690. The number of anilines is 2. The van der Waals surface area contributed by atoms with Crippen LogP contribution in [-0.2, 0) is 0 Å². The van der Waals surface area contributed by atoms with Crippen LogP contribution in [0, 0.1) is 5.82 Å². The van der Waals surface area contributed by atoms with Crippen LogP contribution in [0.25, 0.3) is 0 Å². The van der Waals surface area contributed by atoms with Gasteiger partial charge >= 0.3 is 6.03 Å². The first-order valence-corrected chi connectivity index (χ1v) is 6.58. The number of urea groups is 1. The third kappa shape index (κ3) is 3.76. The zero-order valence-electron chi connectivity index (χ0n) is 11.3. The number of carbonyl (C=O) groups is 1. The maximum atomic E-state index is 13.1. The topological polar surface area (TPSA) is 58.4 Å². The highest BCUT2D eigenvalue weighted by Gasteiger charge is 2.12. The summed E-state index contributed by atoms with van der Waals surface area (Å²) in [6.07, 6.45) is 0. The van der Waals surface area contributed by atoms with Crippen LogP contribution in [0.2, 0.25) is 0 Å². The molecule has 0 saturated heterocycles. The SMILES string of the molecule is CN(C(=O)Nc1cccc(F)c1)c1cccc(C(N)=S)c1. The summed E-state index contributed by atoms with van der Waals surface area (Å²) >= 11 is 4.91. The summed E-state index contributed by atoms with van der Waals surface area (Å²) in [6, 6.07) is 12.3. The molecule has 0 bridgehead atoms. The number of amides is 2. The Balaban J connectivity index is 2.15. The van der Waals surface area contributed by atoms with Gasteiger partial charge in [-0.2, -0.15) is 0 Å². The molecule has 21 heavy (non-hydrogen) atoms. The molecule has 0 fully saturated rings. The highest BCUT2D eigenvalue weighted by molar-refractivity contribution is 7.80. The second-order valence-corrected chi connectivity index (χ2v) is 4.85. The molecule has 2 rings (SSSR count). The van der Waals surface area contributed by atoms with E-state index in [1.165, 1.54) is 23.1 Å². The molecule has 0 radical (unpaired) electrons. The van der Waals surface area contributed by atoms with Crippen LogP contribution < -0.4 is 16.0 Å². The molecule has 2 amide bonds. The number of nitrogens with one attached hydrogen (secondary N) is 1. The molecule has 0 aliphatic heterocycles. The van der Waals surface area contributed by atoms with Gasteiger partial charge in [0.05, 0.1) is 0 Å². The second-order valence-electron chi connectivity index (χ2n) is 4.41. The minimum Gasteiger partial charge on any atom is -0.389 e. The average Bonchev–Trinajstić information content (AvgIpc) is 2.46. The van der Waals surface area contributed by atoms with E-state index in [0.29, 0.717) is 16.9 Å². The van der Waals surface area contributed by atoms with Gasteiger partial charge in [0.25, 0.3) is 0 Å². The molecule has 0 aliphatic carbocycles. The second kappa shape index (κ2) is 6.32. The number of hydrogen-bond donors (Lipinski definition) is 2. The van der Waals surface area contributed by atoms with E-state index in [-0.39, 0.29) is 11.0 Å². The summed E-state index contributed by atoms with van der Waals surface area (Å²) < 4.78 is 13.1. The van der Waals surface area contributed by atoms with Gasteiger partial charge in [0.1, 0.15) is 10.8 Å². The van der Waals surface area contributed by atoms with E-state index in [0.717, 1.165) is 0 Å². The fraction of sp³-hybridized carbons (Fsp3) is 0.0667. The predicted octanol–water partition coefficient (Wildman–Crippen LogP) is 3.13. The predicted molar refractivity (Wildman–Crippen MR) is 86.2 cm³/mol. The summed E-state index contributed by atoms with van der Waals surface area (Å²) in [5, 5.41) is 2.61. The van der Waals surface area contributed by atoms with Gasteiger partial charge in [-0.3, -0.25) is 4.90 Å². The van der Waals surface area contributed by atoms with E-state index >= 15 is 0 Å². The third-order valence-electron chi connectivity index (χ3n) is 2.90. The highest BCUT2D eigenvalue weighted by Crippen LogP contribution is 2.17. The van der Waals surface area contributed by atoms with Crippen LogP contribution in [-0.4, -0.2) is 18.1 Å². The molecule has 2 aromatic rings. The molecule has 0 unspecified atom stereocenters. The van der Waals surface area contributed by atoms with Gasteiger partial charge in [0.2, 0.25) is 0 Å². The van der Waals surface area contributed by atoms with Crippen LogP contribution in [0.4, 0.5) is 20.6 Å². The Morgan fingerprint density at radius 1 is 1.24 bits per heavy atom. The maximum Gasteiger partial charge on any atom is 0.326 e. The van der Waals surface area contributed by atoms with Crippen molar-refractivity contribution >= 4 is 34.6 Å². The van der Waals surface area contributed by atoms with Gasteiger partial charge in [-0.15, -0.1) is 0 Å². The molecule has 2 aromatic carbocycles. The first kappa shape index (κ1) is 14.9. The van der Waals surface area contributed by atoms with Crippen molar-refractivity contribution in [2.24, 2.45) is 5.73 Å². The Morgan fingerprint density at radius 3 is 2.62 bits per heavy atom. The van der Waals surface area contributed by atoms with Crippen LogP contribution in [0.5, 0.6) is 0 Å². The molecule has 0 heterocycles. The van der Waals surface area contributed by atoms with E-state index in [4.69, 9.17) is 18.0 Å². The number of carbonyl (C=O) groups excluding carboxylic acids is 1. The monoisotopic (exact) mass is 303 g/mol. The Labute approximate surface area is 127 Å². The molecular formula is C15H14FN3OS. The minimum atomic E-state index is -0.411. The van der Waals surface area contributed by atoms with Crippen LogP contribution in [0.3, 0.4) is 0 Å². The summed E-state index contributed by atoms with van der Waals surface area (Å²) in [5.74, 6) is -0.411. The largest absolute Gasteiger partial charge is 0.389 e. The lowest BCUT2D eigenvalue weighted by molar-refractivity contribution is 0.258. The summed E-state index contributed by atoms with van der Waals surface area (Å²) in [6.45, 7) is 0. The molecule has 0 spiro atoms. The fourth-order valence-corrected chi connectivity index (χ4v) is 1.89. The van der Waals surface area contributed by atoms with Crippen molar-refractivity contribution in [3.63, 3.8) is 0 Å². The lowest BCUT2D eigenvalue weighted by atomic mass is 10.2. The van der Waals surface area contributed by atoms with Crippen LogP contribution in [0.15, 0.2) is 48.5 Å². The molecule has 0 aliphatic rings. The number of rotatable bonds is 3. The van der Waals surface area contributed by atoms with Gasteiger partial charge in [-0.05, 0) is 30.3 Å². The normalized spacial score (nSPS) is 10.0. The van der Waals surface area contributed by atoms with E-state index < -0.39 is 5.82 Å². The Hall–Kier alpha value is -2.47. The molecule has 4 nitrogen and oxygen atoms in total. The molecule has 3 N–H and O–H groups in total. The number of nitrogens with two attached hydrogens (primary N) is 1. The van der Waals surface area contributed by atoms with Crippen molar-refractivity contribution in [3.05, 3.63) is 59.9 Å². The number of benzene rings is 2. The van der Waals surface area contributed by atoms with Gasteiger partial charge in [-0.25, -0.2) is 9.18 Å². The molecule has 0 atom stereocenters. The zero-order valence-corrected chi connectivity index (χ0v) is 12.2. The minimum absolute atomic E-state index is 0.260. The lowest BCUT2D eigenvalue weighted by Gasteiger charge is -2.18. The van der Waals surface area contributed by atoms with Crippen molar-refractivity contribution in [3.8, 4) is 0 Å². The molecular weight excluding hydrogens is 289 g/mol. The summed E-state index contributed by atoms with van der Waals surface area (Å²) in [4.78, 5) is 13.8. The standard InChI is InChI=1S/C15H14FN3OS/c1-19(13-7-2-4-10(8-13)14(17)21)15(20)18-12-6-3-5-11(16)9-12/h2-9H,1H3,(H2,17,21)(H,18,20). The zero-order chi connectivity index (χ0) is 15.4. The van der Waals surface area contributed by atoms with E-state index in [2.05, 4.69) is 5.32 Å². The van der Waals surface area contributed by atoms with Gasteiger partial charge < -0.3 is 11.1 Å². The summed E-state index contributed by atoms with van der Waals surface area (Å²) in [5.41, 5.74) is 7.26. The lowest BCUT2D eigenvalue weighted by Crippen LogP contribution is -2.31. The van der Waals surface area contributed by atoms with Crippen LogP contribution >= 0.6 is 12.2 Å². The van der Waals surface area contributed by atoms with Crippen molar-refractivity contribution in [1.29, 1.82) is 0 Å². The smallest absolute Gasteiger partial charge is 0.326 e. The first-order chi connectivity index (χ1) is 9.97. The number of nitrogens with zero attached hydrogens (tertiary/aromatic N) is 1.